The van der Waals surface area contributed by atoms with Gasteiger partial charge in [-0.05, 0) is 13.3 Å². The summed E-state index contributed by atoms with van der Waals surface area (Å²) in [7, 11) is 0. The Kier molecular flexibility index (Phi) is 2.44. The van der Waals surface area contributed by atoms with Crippen LogP contribution in [-0.2, 0) is 4.79 Å². The van der Waals surface area contributed by atoms with Crippen LogP contribution in [0.5, 0.6) is 0 Å². The highest BCUT2D eigenvalue weighted by molar-refractivity contribution is 6.11. The molecule has 0 saturated heterocycles. The lowest BCUT2D eigenvalue weighted by molar-refractivity contribution is -0.128. The van der Waals surface area contributed by atoms with Crippen molar-refractivity contribution >= 4 is 11.6 Å². The second kappa shape index (κ2) is 3.20. The Balaban J connectivity index is 2.89. The summed E-state index contributed by atoms with van der Waals surface area (Å²) < 4.78 is 0. The predicted octanol–water partition coefficient (Wildman–Crippen LogP) is -1.15. The lowest BCUT2D eigenvalue weighted by atomic mass is 9.81. The largest absolute Gasteiger partial charge is 0.396 e. The molecule has 0 aromatic rings. The fourth-order valence-corrected chi connectivity index (χ4v) is 1.26. The average Bonchev–Trinajstić information content (AvgIpc) is 2.33. The number of nitrogens with zero attached hydrogens (tertiary/aromatic N) is 1. The third kappa shape index (κ3) is 1.11. The number of carbonyl (C=O) groups is 1. The molecule has 0 bridgehead atoms. The lowest BCUT2D eigenvalue weighted by Crippen LogP contribution is -2.41. The number of carbonyl (C=O) groups excluding carboxylic acids is 1. The van der Waals surface area contributed by atoms with E-state index in [0.29, 0.717) is 5.71 Å². The summed E-state index contributed by atoms with van der Waals surface area (Å²) in [6, 6.07) is 0. The van der Waals surface area contributed by atoms with Gasteiger partial charge in [0.05, 0.1) is 12.3 Å². The molecule has 1 aliphatic rings. The summed E-state index contributed by atoms with van der Waals surface area (Å²) in [6.07, 6.45) is 0.213. The van der Waals surface area contributed by atoms with E-state index in [-0.39, 0.29) is 25.5 Å². The summed E-state index contributed by atoms with van der Waals surface area (Å²) in [5.74, 6) is -0.337. The summed E-state index contributed by atoms with van der Waals surface area (Å²) in [5.41, 5.74) is 1.81. The Hall–Kier alpha value is -0.940. The maximum atomic E-state index is 11.2. The van der Waals surface area contributed by atoms with Crippen LogP contribution < -0.4 is 5.43 Å². The molecule has 0 aromatic carbocycles. The van der Waals surface area contributed by atoms with Gasteiger partial charge in [0.25, 0.3) is 5.91 Å². The van der Waals surface area contributed by atoms with Gasteiger partial charge >= 0.3 is 0 Å². The average molecular weight is 172 g/mol. The Morgan fingerprint density at radius 2 is 2.25 bits per heavy atom. The highest BCUT2D eigenvalue weighted by atomic mass is 16.3. The second-order valence-electron chi connectivity index (χ2n) is 2.85. The van der Waals surface area contributed by atoms with Gasteiger partial charge in [0, 0.05) is 6.61 Å². The standard InChI is InChI=1S/C7H12N2O3/c1-5-7(4-11,2-3-10)6(12)9-8-5/h10-11H,2-4H2,1H3,(H,9,12). The molecule has 0 saturated carbocycles. The molecule has 0 aliphatic carbocycles. The van der Waals surface area contributed by atoms with Crippen LogP contribution in [-0.4, -0.2) is 35.0 Å². The van der Waals surface area contributed by atoms with E-state index in [0.717, 1.165) is 0 Å². The predicted molar refractivity (Wildman–Crippen MR) is 42.5 cm³/mol. The number of amides is 1. The highest BCUT2D eigenvalue weighted by Gasteiger charge is 2.44. The van der Waals surface area contributed by atoms with E-state index in [1.807, 2.05) is 0 Å². The van der Waals surface area contributed by atoms with Gasteiger partial charge < -0.3 is 10.2 Å². The van der Waals surface area contributed by atoms with Crippen molar-refractivity contribution in [1.82, 2.24) is 5.43 Å². The SMILES string of the molecule is CC1=NNC(=O)C1(CO)CCO. The zero-order chi connectivity index (χ0) is 9.19. The highest BCUT2D eigenvalue weighted by Crippen LogP contribution is 2.27. The number of hydrogen-bond donors (Lipinski definition) is 3. The Bertz CT molecular complexity index is 227. The smallest absolute Gasteiger partial charge is 0.254 e. The van der Waals surface area contributed by atoms with E-state index in [9.17, 15) is 4.79 Å². The number of nitrogens with one attached hydrogen (secondary N) is 1. The van der Waals surface area contributed by atoms with Gasteiger partial charge in [-0.3, -0.25) is 4.79 Å². The van der Waals surface area contributed by atoms with Crippen LogP contribution in [0, 0.1) is 5.41 Å². The third-order valence-corrected chi connectivity index (χ3v) is 2.26. The molecular weight excluding hydrogens is 160 g/mol. The first-order chi connectivity index (χ1) is 5.67. The van der Waals surface area contributed by atoms with Gasteiger partial charge in [0.2, 0.25) is 0 Å². The van der Waals surface area contributed by atoms with Crippen molar-refractivity contribution in [2.24, 2.45) is 10.5 Å². The van der Waals surface area contributed by atoms with E-state index in [2.05, 4.69) is 10.5 Å². The second-order valence-corrected chi connectivity index (χ2v) is 2.85. The van der Waals surface area contributed by atoms with Crippen molar-refractivity contribution < 1.29 is 15.0 Å². The number of rotatable bonds is 3. The topological polar surface area (TPSA) is 81.9 Å². The molecule has 0 aromatic heterocycles. The molecular formula is C7H12N2O3. The monoisotopic (exact) mass is 172 g/mol. The number of aliphatic hydroxyl groups is 2. The van der Waals surface area contributed by atoms with Gasteiger partial charge in [-0.2, -0.15) is 5.10 Å². The van der Waals surface area contributed by atoms with Gasteiger partial charge in [-0.1, -0.05) is 0 Å². The Morgan fingerprint density at radius 3 is 2.58 bits per heavy atom. The molecule has 3 N–H and O–H groups in total. The first-order valence-electron chi connectivity index (χ1n) is 3.74. The van der Waals surface area contributed by atoms with E-state index in [4.69, 9.17) is 10.2 Å². The molecule has 1 heterocycles. The quantitative estimate of drug-likeness (QED) is 0.503. The number of aliphatic hydroxyl groups excluding tert-OH is 2. The third-order valence-electron chi connectivity index (χ3n) is 2.26. The zero-order valence-corrected chi connectivity index (χ0v) is 6.87. The van der Waals surface area contributed by atoms with E-state index in [1.165, 1.54) is 0 Å². The summed E-state index contributed by atoms with van der Waals surface area (Å²) in [5, 5.41) is 21.5. The van der Waals surface area contributed by atoms with Gasteiger partial charge in [0.1, 0.15) is 5.41 Å². The molecule has 5 nitrogen and oxygen atoms in total. The van der Waals surface area contributed by atoms with E-state index >= 15 is 0 Å². The summed E-state index contributed by atoms with van der Waals surface area (Å²) >= 11 is 0. The minimum absolute atomic E-state index is 0.138. The van der Waals surface area contributed by atoms with Crippen LogP contribution in [0.1, 0.15) is 13.3 Å². The Labute approximate surface area is 70.1 Å². The normalized spacial score (nSPS) is 28.6. The maximum absolute atomic E-state index is 11.2. The minimum atomic E-state index is -0.991. The summed E-state index contributed by atoms with van der Waals surface area (Å²) in [6.45, 7) is 1.21. The van der Waals surface area contributed by atoms with Crippen LogP contribution in [0.15, 0.2) is 5.10 Å². The van der Waals surface area contributed by atoms with Crippen molar-refractivity contribution in [3.63, 3.8) is 0 Å². The van der Waals surface area contributed by atoms with Crippen LogP contribution in [0.25, 0.3) is 0 Å². The van der Waals surface area contributed by atoms with Crippen LogP contribution in [0.4, 0.5) is 0 Å². The first-order valence-corrected chi connectivity index (χ1v) is 3.74. The molecule has 5 heteroatoms. The van der Waals surface area contributed by atoms with Crippen LogP contribution in [0.3, 0.4) is 0 Å². The van der Waals surface area contributed by atoms with Gasteiger partial charge in [-0.25, -0.2) is 5.43 Å². The number of hydrazone groups is 1. The van der Waals surface area contributed by atoms with Gasteiger partial charge in [0.15, 0.2) is 0 Å². The minimum Gasteiger partial charge on any atom is -0.396 e. The zero-order valence-electron chi connectivity index (χ0n) is 6.87. The summed E-state index contributed by atoms with van der Waals surface area (Å²) in [4.78, 5) is 11.2. The van der Waals surface area contributed by atoms with Crippen LogP contribution >= 0.6 is 0 Å². The van der Waals surface area contributed by atoms with Crippen molar-refractivity contribution in [2.75, 3.05) is 13.2 Å². The molecule has 1 rings (SSSR count). The van der Waals surface area contributed by atoms with Crippen molar-refractivity contribution in [2.45, 2.75) is 13.3 Å². The molecule has 1 amide bonds. The Morgan fingerprint density at radius 1 is 1.58 bits per heavy atom. The fraction of sp³-hybridized carbons (Fsp3) is 0.714. The number of hydrogen-bond acceptors (Lipinski definition) is 4. The fourth-order valence-electron chi connectivity index (χ4n) is 1.26. The van der Waals surface area contributed by atoms with E-state index in [1.54, 1.807) is 6.92 Å². The van der Waals surface area contributed by atoms with Crippen molar-refractivity contribution in [3.8, 4) is 0 Å². The molecule has 1 atom stereocenters. The van der Waals surface area contributed by atoms with Crippen molar-refractivity contribution in [3.05, 3.63) is 0 Å². The van der Waals surface area contributed by atoms with Crippen molar-refractivity contribution in [1.29, 1.82) is 0 Å². The van der Waals surface area contributed by atoms with E-state index < -0.39 is 5.41 Å². The van der Waals surface area contributed by atoms with Crippen LogP contribution in [0.2, 0.25) is 0 Å². The molecule has 0 spiro atoms. The molecule has 1 aliphatic heterocycles. The molecule has 68 valence electrons. The lowest BCUT2D eigenvalue weighted by Gasteiger charge is -2.22. The maximum Gasteiger partial charge on any atom is 0.254 e. The first kappa shape index (κ1) is 9.15. The molecule has 0 fully saturated rings. The molecule has 1 unspecified atom stereocenters. The van der Waals surface area contributed by atoms with Gasteiger partial charge in [-0.15, -0.1) is 0 Å². The molecule has 12 heavy (non-hydrogen) atoms. The molecule has 0 radical (unpaired) electrons.